The largest absolute Gasteiger partial charge is 0.352 e. The molecule has 3 heteroatoms. The predicted octanol–water partition coefficient (Wildman–Crippen LogP) is 1.74. The van der Waals surface area contributed by atoms with Gasteiger partial charge in [-0.2, -0.15) is 0 Å². The summed E-state index contributed by atoms with van der Waals surface area (Å²) < 4.78 is 0. The molecule has 1 aromatic rings. The maximum atomic E-state index is 11.5. The Bertz CT molecular complexity index is 301. The first kappa shape index (κ1) is 10.7. The van der Waals surface area contributed by atoms with Gasteiger partial charge in [0.2, 0.25) is 5.91 Å². The minimum Gasteiger partial charge on any atom is -0.352 e. The third-order valence-corrected chi connectivity index (χ3v) is 1.86. The fourth-order valence-electron chi connectivity index (χ4n) is 0.950. The SMILES string of the molecule is CC(C)(C)C(=O)NCc1cccnc1. The van der Waals surface area contributed by atoms with Crippen molar-refractivity contribution in [2.45, 2.75) is 27.3 Å². The molecule has 0 aliphatic rings. The fraction of sp³-hybridized carbons (Fsp3) is 0.455. The molecule has 0 fully saturated rings. The zero-order valence-electron chi connectivity index (χ0n) is 8.87. The van der Waals surface area contributed by atoms with E-state index in [9.17, 15) is 4.79 Å². The van der Waals surface area contributed by atoms with Gasteiger partial charge in [0.1, 0.15) is 0 Å². The van der Waals surface area contributed by atoms with Crippen molar-refractivity contribution in [3.63, 3.8) is 0 Å². The van der Waals surface area contributed by atoms with E-state index in [1.807, 2.05) is 32.9 Å². The van der Waals surface area contributed by atoms with Gasteiger partial charge < -0.3 is 5.32 Å². The highest BCUT2D eigenvalue weighted by atomic mass is 16.2. The Morgan fingerprint density at radius 1 is 1.50 bits per heavy atom. The van der Waals surface area contributed by atoms with E-state index in [4.69, 9.17) is 0 Å². The molecule has 1 amide bonds. The van der Waals surface area contributed by atoms with E-state index in [1.54, 1.807) is 12.4 Å². The van der Waals surface area contributed by atoms with Crippen LogP contribution in [0.4, 0.5) is 0 Å². The van der Waals surface area contributed by atoms with Gasteiger partial charge in [-0.15, -0.1) is 0 Å². The van der Waals surface area contributed by atoms with Crippen LogP contribution >= 0.6 is 0 Å². The summed E-state index contributed by atoms with van der Waals surface area (Å²) in [5.41, 5.74) is 0.687. The molecule has 0 bridgehead atoms. The van der Waals surface area contributed by atoms with E-state index in [2.05, 4.69) is 10.3 Å². The predicted molar refractivity (Wildman–Crippen MR) is 55.5 cm³/mol. The van der Waals surface area contributed by atoms with Crippen LogP contribution in [0, 0.1) is 5.41 Å². The van der Waals surface area contributed by atoms with Crippen LogP contribution in [0.5, 0.6) is 0 Å². The number of carbonyl (C=O) groups is 1. The number of hydrogen-bond donors (Lipinski definition) is 1. The zero-order valence-corrected chi connectivity index (χ0v) is 8.87. The summed E-state index contributed by atoms with van der Waals surface area (Å²) in [4.78, 5) is 15.5. The van der Waals surface area contributed by atoms with Gasteiger partial charge in [0.05, 0.1) is 0 Å². The monoisotopic (exact) mass is 192 g/mol. The third-order valence-electron chi connectivity index (χ3n) is 1.86. The lowest BCUT2D eigenvalue weighted by Crippen LogP contribution is -2.34. The summed E-state index contributed by atoms with van der Waals surface area (Å²) in [5, 5.41) is 2.86. The lowest BCUT2D eigenvalue weighted by Gasteiger charge is -2.17. The van der Waals surface area contributed by atoms with Crippen molar-refractivity contribution < 1.29 is 4.79 Å². The first-order valence-electron chi connectivity index (χ1n) is 4.67. The van der Waals surface area contributed by atoms with Crippen LogP contribution < -0.4 is 5.32 Å². The molecule has 0 saturated carbocycles. The van der Waals surface area contributed by atoms with Crippen LogP contribution in [0.3, 0.4) is 0 Å². The second kappa shape index (κ2) is 4.22. The summed E-state index contributed by atoms with van der Waals surface area (Å²) in [7, 11) is 0. The van der Waals surface area contributed by atoms with Crippen molar-refractivity contribution in [2.24, 2.45) is 5.41 Å². The van der Waals surface area contributed by atoms with Crippen molar-refractivity contribution in [3.05, 3.63) is 30.1 Å². The molecule has 0 saturated heterocycles. The summed E-state index contributed by atoms with van der Waals surface area (Å²) >= 11 is 0. The van der Waals surface area contributed by atoms with E-state index >= 15 is 0 Å². The molecule has 0 atom stereocenters. The second-order valence-corrected chi connectivity index (χ2v) is 4.29. The molecule has 76 valence electrons. The average Bonchev–Trinajstić information content (AvgIpc) is 2.14. The van der Waals surface area contributed by atoms with Crippen molar-refractivity contribution in [1.29, 1.82) is 0 Å². The van der Waals surface area contributed by atoms with Gasteiger partial charge in [0, 0.05) is 24.4 Å². The van der Waals surface area contributed by atoms with E-state index in [0.717, 1.165) is 5.56 Å². The van der Waals surface area contributed by atoms with Gasteiger partial charge in [0.15, 0.2) is 0 Å². The molecule has 3 nitrogen and oxygen atoms in total. The Kier molecular flexibility index (Phi) is 3.23. The molecule has 0 aliphatic heterocycles. The van der Waals surface area contributed by atoms with Gasteiger partial charge in [0.25, 0.3) is 0 Å². The van der Waals surface area contributed by atoms with Gasteiger partial charge in [-0.05, 0) is 11.6 Å². The molecule has 1 rings (SSSR count). The molecular formula is C11H16N2O. The molecule has 1 aromatic heterocycles. The first-order chi connectivity index (χ1) is 6.50. The Morgan fingerprint density at radius 3 is 2.71 bits per heavy atom. The van der Waals surface area contributed by atoms with E-state index in [1.165, 1.54) is 0 Å². The standard InChI is InChI=1S/C11H16N2O/c1-11(2,3)10(14)13-8-9-5-4-6-12-7-9/h4-7H,8H2,1-3H3,(H,13,14). The van der Waals surface area contributed by atoms with Crippen molar-refractivity contribution in [2.75, 3.05) is 0 Å². The van der Waals surface area contributed by atoms with Crippen molar-refractivity contribution in [3.8, 4) is 0 Å². The normalized spacial score (nSPS) is 11.1. The number of hydrogen-bond acceptors (Lipinski definition) is 2. The van der Waals surface area contributed by atoms with Gasteiger partial charge in [-0.3, -0.25) is 9.78 Å². The molecular weight excluding hydrogens is 176 g/mol. The van der Waals surface area contributed by atoms with Crippen LogP contribution in [0.1, 0.15) is 26.3 Å². The quantitative estimate of drug-likeness (QED) is 0.775. The van der Waals surface area contributed by atoms with E-state index in [-0.39, 0.29) is 11.3 Å². The molecule has 0 aliphatic carbocycles. The van der Waals surface area contributed by atoms with E-state index in [0.29, 0.717) is 6.54 Å². The Balaban J connectivity index is 2.46. The van der Waals surface area contributed by atoms with Crippen LogP contribution in [-0.4, -0.2) is 10.9 Å². The zero-order chi connectivity index (χ0) is 10.6. The molecule has 1 heterocycles. The third kappa shape index (κ3) is 3.17. The summed E-state index contributed by atoms with van der Waals surface area (Å²) in [5.74, 6) is 0.0568. The number of nitrogens with zero attached hydrogens (tertiary/aromatic N) is 1. The van der Waals surface area contributed by atoms with Crippen LogP contribution in [0.15, 0.2) is 24.5 Å². The van der Waals surface area contributed by atoms with Crippen LogP contribution in [-0.2, 0) is 11.3 Å². The minimum absolute atomic E-state index is 0.0568. The molecule has 14 heavy (non-hydrogen) atoms. The second-order valence-electron chi connectivity index (χ2n) is 4.29. The first-order valence-corrected chi connectivity index (χ1v) is 4.67. The van der Waals surface area contributed by atoms with Gasteiger partial charge in [-0.1, -0.05) is 26.8 Å². The number of rotatable bonds is 2. The molecule has 0 unspecified atom stereocenters. The lowest BCUT2D eigenvalue weighted by molar-refractivity contribution is -0.128. The Labute approximate surface area is 84.6 Å². The average molecular weight is 192 g/mol. The molecule has 1 N–H and O–H groups in total. The number of aromatic nitrogens is 1. The van der Waals surface area contributed by atoms with Crippen molar-refractivity contribution in [1.82, 2.24) is 10.3 Å². The number of pyridine rings is 1. The molecule has 0 aromatic carbocycles. The molecule has 0 radical (unpaired) electrons. The van der Waals surface area contributed by atoms with Gasteiger partial charge >= 0.3 is 0 Å². The minimum atomic E-state index is -0.331. The maximum Gasteiger partial charge on any atom is 0.225 e. The van der Waals surface area contributed by atoms with Crippen LogP contribution in [0.2, 0.25) is 0 Å². The maximum absolute atomic E-state index is 11.5. The Hall–Kier alpha value is -1.38. The highest BCUT2D eigenvalue weighted by Crippen LogP contribution is 2.12. The number of nitrogens with one attached hydrogen (secondary N) is 1. The highest BCUT2D eigenvalue weighted by molar-refractivity contribution is 5.81. The summed E-state index contributed by atoms with van der Waals surface area (Å²) in [6.45, 7) is 6.23. The Morgan fingerprint density at radius 2 is 2.21 bits per heavy atom. The highest BCUT2D eigenvalue weighted by Gasteiger charge is 2.20. The topological polar surface area (TPSA) is 42.0 Å². The summed E-state index contributed by atoms with van der Waals surface area (Å²) in [6, 6.07) is 3.80. The van der Waals surface area contributed by atoms with Crippen molar-refractivity contribution >= 4 is 5.91 Å². The molecule has 0 spiro atoms. The smallest absolute Gasteiger partial charge is 0.225 e. The summed E-state index contributed by atoms with van der Waals surface area (Å²) in [6.07, 6.45) is 3.47. The van der Waals surface area contributed by atoms with Crippen LogP contribution in [0.25, 0.3) is 0 Å². The fourth-order valence-corrected chi connectivity index (χ4v) is 0.950. The number of carbonyl (C=O) groups excluding carboxylic acids is 1. The lowest BCUT2D eigenvalue weighted by atomic mass is 9.96. The van der Waals surface area contributed by atoms with E-state index < -0.39 is 0 Å². The number of amides is 1. The van der Waals surface area contributed by atoms with Gasteiger partial charge in [-0.25, -0.2) is 0 Å².